The molecule has 1 aliphatic rings. The molecular weight excluding hydrogens is 239 g/mol. The molecule has 0 unspecified atom stereocenters. The van der Waals surface area contributed by atoms with E-state index in [-0.39, 0.29) is 5.82 Å². The van der Waals surface area contributed by atoms with Crippen molar-refractivity contribution in [2.24, 2.45) is 0 Å². The van der Waals surface area contributed by atoms with Crippen LogP contribution in [0.2, 0.25) is 5.02 Å². The summed E-state index contributed by atoms with van der Waals surface area (Å²) >= 11 is 5.98. The second-order valence-electron chi connectivity index (χ2n) is 4.69. The van der Waals surface area contributed by atoms with Crippen molar-refractivity contribution in [3.05, 3.63) is 34.6 Å². The molecule has 1 aromatic rings. The lowest BCUT2D eigenvalue weighted by atomic mass is 10.1. The Hall–Kier alpha value is -0.640. The Balaban J connectivity index is 1.85. The van der Waals surface area contributed by atoms with Crippen LogP contribution in [0.5, 0.6) is 0 Å². The van der Waals surface area contributed by atoms with E-state index in [4.69, 9.17) is 11.6 Å². The predicted octanol–water partition coefficient (Wildman–Crippen LogP) is 2.66. The lowest BCUT2D eigenvalue weighted by molar-refractivity contribution is 0.234. The Kier molecular flexibility index (Phi) is 4.37. The fraction of sp³-hybridized carbons (Fsp3) is 0.538. The molecule has 4 heteroatoms. The summed E-state index contributed by atoms with van der Waals surface area (Å²) in [5, 5.41) is 3.99. The molecule has 2 rings (SSSR count). The highest BCUT2D eigenvalue weighted by atomic mass is 35.5. The quantitative estimate of drug-likeness (QED) is 0.895. The van der Waals surface area contributed by atoms with Gasteiger partial charge in [-0.1, -0.05) is 17.7 Å². The van der Waals surface area contributed by atoms with Crippen LogP contribution < -0.4 is 5.32 Å². The minimum absolute atomic E-state index is 0.280. The summed E-state index contributed by atoms with van der Waals surface area (Å²) in [6.45, 7) is 2.98. The molecule has 0 bridgehead atoms. The van der Waals surface area contributed by atoms with Crippen LogP contribution in [0.15, 0.2) is 18.2 Å². The molecule has 94 valence electrons. The largest absolute Gasteiger partial charge is 0.310 e. The summed E-state index contributed by atoms with van der Waals surface area (Å²) in [5.41, 5.74) is 0.965. The van der Waals surface area contributed by atoms with Gasteiger partial charge >= 0.3 is 0 Å². The second kappa shape index (κ2) is 5.80. The number of likely N-dealkylation sites (tertiary alicyclic amines) is 1. The molecule has 1 aromatic carbocycles. The number of rotatable bonds is 3. The van der Waals surface area contributed by atoms with E-state index in [1.54, 1.807) is 6.07 Å². The first-order valence-electron chi connectivity index (χ1n) is 6.01. The molecule has 1 aliphatic heterocycles. The minimum atomic E-state index is -0.280. The van der Waals surface area contributed by atoms with E-state index in [0.717, 1.165) is 31.5 Å². The summed E-state index contributed by atoms with van der Waals surface area (Å²) in [7, 11) is 2.15. The van der Waals surface area contributed by atoms with Crippen LogP contribution in [0.25, 0.3) is 0 Å². The summed E-state index contributed by atoms with van der Waals surface area (Å²) in [5.74, 6) is -0.280. The topological polar surface area (TPSA) is 15.3 Å². The molecule has 0 aromatic heterocycles. The minimum Gasteiger partial charge on any atom is -0.310 e. The normalized spacial score (nSPS) is 18.5. The monoisotopic (exact) mass is 256 g/mol. The maximum atomic E-state index is 12.9. The summed E-state index contributed by atoms with van der Waals surface area (Å²) in [6.07, 6.45) is 2.32. The van der Waals surface area contributed by atoms with Crippen LogP contribution in [0.1, 0.15) is 18.4 Å². The number of nitrogens with zero attached hydrogens (tertiary/aromatic N) is 1. The van der Waals surface area contributed by atoms with Crippen molar-refractivity contribution in [2.45, 2.75) is 25.4 Å². The Morgan fingerprint density at radius 2 is 2.12 bits per heavy atom. The molecule has 1 heterocycles. The van der Waals surface area contributed by atoms with Gasteiger partial charge in [0.05, 0.1) is 0 Å². The van der Waals surface area contributed by atoms with Gasteiger partial charge in [0.25, 0.3) is 0 Å². The number of hydrogen-bond acceptors (Lipinski definition) is 2. The molecule has 0 atom stereocenters. The van der Waals surface area contributed by atoms with Crippen molar-refractivity contribution in [2.75, 3.05) is 20.1 Å². The molecule has 17 heavy (non-hydrogen) atoms. The van der Waals surface area contributed by atoms with Gasteiger partial charge < -0.3 is 10.2 Å². The summed E-state index contributed by atoms with van der Waals surface area (Å²) in [6, 6.07) is 5.12. The van der Waals surface area contributed by atoms with Gasteiger partial charge in [0.15, 0.2) is 0 Å². The standard InChI is InChI=1S/C13H18ClFN2/c1-17-6-4-12(5-7-17)16-9-10-2-3-11(15)8-13(10)14/h2-3,8,12,16H,4-7,9H2,1H3. The summed E-state index contributed by atoms with van der Waals surface area (Å²) < 4.78 is 12.9. The Morgan fingerprint density at radius 3 is 2.76 bits per heavy atom. The zero-order chi connectivity index (χ0) is 12.3. The van der Waals surface area contributed by atoms with E-state index < -0.39 is 0 Å². The molecule has 0 amide bonds. The molecule has 1 N–H and O–H groups in total. The fourth-order valence-corrected chi connectivity index (χ4v) is 2.37. The van der Waals surface area contributed by atoms with Gasteiger partial charge in [-0.2, -0.15) is 0 Å². The molecule has 0 saturated carbocycles. The first-order chi connectivity index (χ1) is 8.15. The third kappa shape index (κ3) is 3.66. The molecule has 1 fully saturated rings. The second-order valence-corrected chi connectivity index (χ2v) is 5.10. The van der Waals surface area contributed by atoms with E-state index in [1.807, 2.05) is 0 Å². The third-order valence-corrected chi connectivity index (χ3v) is 3.67. The highest BCUT2D eigenvalue weighted by Crippen LogP contribution is 2.18. The van der Waals surface area contributed by atoms with Crippen molar-refractivity contribution in [1.29, 1.82) is 0 Å². The van der Waals surface area contributed by atoms with Crippen molar-refractivity contribution in [3.8, 4) is 0 Å². The maximum Gasteiger partial charge on any atom is 0.124 e. The zero-order valence-electron chi connectivity index (χ0n) is 10.0. The number of nitrogens with one attached hydrogen (secondary N) is 1. The highest BCUT2D eigenvalue weighted by Gasteiger charge is 2.16. The lowest BCUT2D eigenvalue weighted by Crippen LogP contribution is -2.40. The Labute approximate surface area is 107 Å². The number of halogens is 2. The zero-order valence-corrected chi connectivity index (χ0v) is 10.8. The van der Waals surface area contributed by atoms with Crippen molar-refractivity contribution in [3.63, 3.8) is 0 Å². The van der Waals surface area contributed by atoms with Gasteiger partial charge in [0.1, 0.15) is 5.82 Å². The van der Waals surface area contributed by atoms with Gasteiger partial charge in [-0.15, -0.1) is 0 Å². The van der Waals surface area contributed by atoms with Crippen LogP contribution in [-0.4, -0.2) is 31.1 Å². The smallest absolute Gasteiger partial charge is 0.124 e. The van der Waals surface area contributed by atoms with E-state index in [0.29, 0.717) is 17.6 Å². The number of benzene rings is 1. The van der Waals surface area contributed by atoms with Crippen molar-refractivity contribution >= 4 is 11.6 Å². The first-order valence-corrected chi connectivity index (χ1v) is 6.39. The van der Waals surface area contributed by atoms with Crippen molar-refractivity contribution < 1.29 is 4.39 Å². The first kappa shape index (κ1) is 12.8. The van der Waals surface area contributed by atoms with Crippen LogP contribution >= 0.6 is 11.6 Å². The van der Waals surface area contributed by atoms with E-state index in [2.05, 4.69) is 17.3 Å². The molecule has 2 nitrogen and oxygen atoms in total. The molecular formula is C13H18ClFN2. The third-order valence-electron chi connectivity index (χ3n) is 3.31. The van der Waals surface area contributed by atoms with E-state index in [1.165, 1.54) is 12.1 Å². The van der Waals surface area contributed by atoms with Gasteiger partial charge in [-0.05, 0) is 50.7 Å². The predicted molar refractivity (Wildman–Crippen MR) is 68.8 cm³/mol. The van der Waals surface area contributed by atoms with Gasteiger partial charge in [0.2, 0.25) is 0 Å². The van der Waals surface area contributed by atoms with E-state index >= 15 is 0 Å². The Morgan fingerprint density at radius 1 is 1.41 bits per heavy atom. The van der Waals surface area contributed by atoms with E-state index in [9.17, 15) is 4.39 Å². The van der Waals surface area contributed by atoms with Gasteiger partial charge in [0, 0.05) is 17.6 Å². The van der Waals surface area contributed by atoms with Crippen LogP contribution in [0.4, 0.5) is 4.39 Å². The van der Waals surface area contributed by atoms with Gasteiger partial charge in [-0.3, -0.25) is 0 Å². The molecule has 0 aliphatic carbocycles. The highest BCUT2D eigenvalue weighted by molar-refractivity contribution is 6.31. The maximum absolute atomic E-state index is 12.9. The Bertz CT molecular complexity index is 376. The number of hydrogen-bond donors (Lipinski definition) is 1. The number of piperidine rings is 1. The lowest BCUT2D eigenvalue weighted by Gasteiger charge is -2.29. The van der Waals surface area contributed by atoms with Crippen LogP contribution in [0, 0.1) is 5.82 Å². The fourth-order valence-electron chi connectivity index (χ4n) is 2.13. The molecule has 1 saturated heterocycles. The SMILES string of the molecule is CN1CCC(NCc2ccc(F)cc2Cl)CC1. The average Bonchev–Trinajstić information content (AvgIpc) is 2.30. The van der Waals surface area contributed by atoms with Gasteiger partial charge in [-0.25, -0.2) is 4.39 Å². The average molecular weight is 257 g/mol. The van der Waals surface area contributed by atoms with Crippen molar-refractivity contribution in [1.82, 2.24) is 10.2 Å². The molecule has 0 spiro atoms. The summed E-state index contributed by atoms with van der Waals surface area (Å²) in [4.78, 5) is 2.34. The van der Waals surface area contributed by atoms with Crippen LogP contribution in [-0.2, 0) is 6.54 Å². The van der Waals surface area contributed by atoms with Crippen LogP contribution in [0.3, 0.4) is 0 Å². The molecule has 0 radical (unpaired) electrons.